The Labute approximate surface area is 68.9 Å². The van der Waals surface area contributed by atoms with Crippen molar-refractivity contribution in [2.24, 2.45) is 0 Å². The van der Waals surface area contributed by atoms with Crippen molar-refractivity contribution in [2.45, 2.75) is 26.2 Å². The van der Waals surface area contributed by atoms with Gasteiger partial charge in [0.25, 0.3) is 0 Å². The van der Waals surface area contributed by atoms with Gasteiger partial charge < -0.3 is 4.90 Å². The zero-order valence-corrected chi connectivity index (χ0v) is 7.42. The number of allylic oxidation sites excluding steroid dienone is 1. The molecule has 0 unspecified atom stereocenters. The van der Waals surface area contributed by atoms with E-state index in [0.717, 1.165) is 19.4 Å². The van der Waals surface area contributed by atoms with Gasteiger partial charge >= 0.3 is 0 Å². The van der Waals surface area contributed by atoms with E-state index in [1.54, 1.807) is 11.9 Å². The van der Waals surface area contributed by atoms with Crippen molar-refractivity contribution in [1.29, 1.82) is 0 Å². The number of carbonyl (C=O) groups is 1. The molecule has 0 aliphatic heterocycles. The summed E-state index contributed by atoms with van der Waals surface area (Å²) in [6.45, 7) is 2.90. The van der Waals surface area contributed by atoms with Crippen LogP contribution in [0.25, 0.3) is 0 Å². The topological polar surface area (TPSA) is 20.3 Å². The molecule has 2 heteroatoms. The lowest BCUT2D eigenvalue weighted by atomic mass is 10.2. The van der Waals surface area contributed by atoms with Crippen LogP contribution < -0.4 is 0 Å². The number of amides is 1. The molecule has 0 aromatic heterocycles. The fourth-order valence-corrected chi connectivity index (χ4v) is 0.724. The van der Waals surface area contributed by atoms with Gasteiger partial charge in [0.15, 0.2) is 0 Å². The highest BCUT2D eigenvalue weighted by molar-refractivity contribution is 5.46. The number of nitrogens with zero attached hydrogens (tertiary/aromatic N) is 1. The first-order valence-corrected chi connectivity index (χ1v) is 4.11. The maximum Gasteiger partial charge on any atom is 0.209 e. The summed E-state index contributed by atoms with van der Waals surface area (Å²) >= 11 is 0. The molecule has 0 saturated carbocycles. The number of hydrogen-bond donors (Lipinski definition) is 0. The van der Waals surface area contributed by atoms with Crippen LogP contribution in [-0.4, -0.2) is 24.9 Å². The molecule has 0 atom stereocenters. The smallest absolute Gasteiger partial charge is 0.209 e. The third-order valence-corrected chi connectivity index (χ3v) is 1.46. The molecule has 0 aliphatic rings. The van der Waals surface area contributed by atoms with Gasteiger partial charge in [-0.3, -0.25) is 4.79 Å². The van der Waals surface area contributed by atoms with Gasteiger partial charge in [-0.15, -0.1) is 0 Å². The molecule has 0 aliphatic carbocycles. The fourth-order valence-electron chi connectivity index (χ4n) is 0.724. The van der Waals surface area contributed by atoms with E-state index in [1.165, 1.54) is 12.8 Å². The van der Waals surface area contributed by atoms with Crippen LogP contribution in [0.15, 0.2) is 12.2 Å². The van der Waals surface area contributed by atoms with Gasteiger partial charge in [-0.2, -0.15) is 0 Å². The van der Waals surface area contributed by atoms with Crippen molar-refractivity contribution < 1.29 is 4.79 Å². The normalized spacial score (nSPS) is 10.4. The minimum atomic E-state index is 0.729. The van der Waals surface area contributed by atoms with E-state index in [0.29, 0.717) is 0 Å². The summed E-state index contributed by atoms with van der Waals surface area (Å²) in [5.74, 6) is 0. The second kappa shape index (κ2) is 7.32. The van der Waals surface area contributed by atoms with Crippen LogP contribution in [0.4, 0.5) is 0 Å². The van der Waals surface area contributed by atoms with E-state index in [-0.39, 0.29) is 0 Å². The molecule has 0 radical (unpaired) electrons. The van der Waals surface area contributed by atoms with E-state index in [9.17, 15) is 4.79 Å². The number of unbranched alkanes of at least 4 members (excludes halogenated alkanes) is 2. The Morgan fingerprint density at radius 1 is 1.36 bits per heavy atom. The lowest BCUT2D eigenvalue weighted by molar-refractivity contribution is -0.116. The maximum atomic E-state index is 10.1. The summed E-state index contributed by atoms with van der Waals surface area (Å²) in [5, 5.41) is 0. The van der Waals surface area contributed by atoms with Crippen molar-refractivity contribution in [2.75, 3.05) is 13.6 Å². The lowest BCUT2D eigenvalue weighted by Crippen LogP contribution is -2.14. The average Bonchev–Trinajstić information content (AvgIpc) is 2.04. The summed E-state index contributed by atoms with van der Waals surface area (Å²) < 4.78 is 0. The number of hydrogen-bond acceptors (Lipinski definition) is 1. The Hall–Kier alpha value is -0.790. The van der Waals surface area contributed by atoms with Crippen molar-refractivity contribution in [3.63, 3.8) is 0 Å². The van der Waals surface area contributed by atoms with Crippen LogP contribution in [0.1, 0.15) is 26.2 Å². The summed E-state index contributed by atoms with van der Waals surface area (Å²) in [4.78, 5) is 11.7. The molecular formula is C9H17NO. The summed E-state index contributed by atoms with van der Waals surface area (Å²) in [6.07, 6.45) is 8.59. The van der Waals surface area contributed by atoms with Crippen molar-refractivity contribution in [1.82, 2.24) is 4.90 Å². The molecular weight excluding hydrogens is 138 g/mol. The van der Waals surface area contributed by atoms with Gasteiger partial charge in [-0.1, -0.05) is 31.9 Å². The molecule has 64 valence electrons. The first-order chi connectivity index (χ1) is 5.31. The Morgan fingerprint density at radius 3 is 2.64 bits per heavy atom. The molecule has 0 bridgehead atoms. The van der Waals surface area contributed by atoms with Crippen molar-refractivity contribution in [3.8, 4) is 0 Å². The van der Waals surface area contributed by atoms with Crippen LogP contribution in [-0.2, 0) is 4.79 Å². The van der Waals surface area contributed by atoms with Gasteiger partial charge in [0, 0.05) is 13.6 Å². The highest BCUT2D eigenvalue weighted by Gasteiger charge is 1.85. The first kappa shape index (κ1) is 10.2. The van der Waals surface area contributed by atoms with Gasteiger partial charge in [-0.25, -0.2) is 0 Å². The van der Waals surface area contributed by atoms with E-state index >= 15 is 0 Å². The van der Waals surface area contributed by atoms with Gasteiger partial charge in [0.2, 0.25) is 6.41 Å². The predicted molar refractivity (Wildman–Crippen MR) is 47.4 cm³/mol. The Bertz CT molecular complexity index is 121. The second-order valence-corrected chi connectivity index (χ2v) is 2.66. The van der Waals surface area contributed by atoms with E-state index in [2.05, 4.69) is 13.0 Å². The minimum Gasteiger partial charge on any atom is -0.345 e. The zero-order valence-electron chi connectivity index (χ0n) is 7.42. The third kappa shape index (κ3) is 7.10. The van der Waals surface area contributed by atoms with Crippen molar-refractivity contribution >= 4 is 6.41 Å². The number of rotatable bonds is 6. The first-order valence-electron chi connectivity index (χ1n) is 4.11. The molecule has 11 heavy (non-hydrogen) atoms. The lowest BCUT2D eigenvalue weighted by Gasteiger charge is -2.04. The molecule has 0 saturated heterocycles. The number of likely N-dealkylation sites (N-methyl/N-ethyl adjacent to an activating group) is 1. The highest BCUT2D eigenvalue weighted by Crippen LogP contribution is 1.94. The van der Waals surface area contributed by atoms with Crippen LogP contribution in [0, 0.1) is 0 Å². The molecule has 1 amide bonds. The van der Waals surface area contributed by atoms with E-state index in [4.69, 9.17) is 0 Å². The maximum absolute atomic E-state index is 10.1. The van der Waals surface area contributed by atoms with Gasteiger partial charge in [-0.05, 0) is 6.42 Å². The number of carbonyl (C=O) groups excluding carboxylic acids is 1. The van der Waals surface area contributed by atoms with E-state index < -0.39 is 0 Å². The van der Waals surface area contributed by atoms with Gasteiger partial charge in [0.05, 0.1) is 0 Å². The largest absolute Gasteiger partial charge is 0.345 e. The molecule has 0 fully saturated rings. The molecule has 0 N–H and O–H groups in total. The SMILES string of the molecule is CCCC/C=C\CN(C)C=O. The second-order valence-electron chi connectivity index (χ2n) is 2.66. The highest BCUT2D eigenvalue weighted by atomic mass is 16.1. The standard InChI is InChI=1S/C9H17NO/c1-3-4-5-6-7-8-10(2)9-11/h6-7,9H,3-5,8H2,1-2H3/b7-6-. The third-order valence-electron chi connectivity index (χ3n) is 1.46. The Balaban J connectivity index is 3.21. The molecule has 0 spiro atoms. The summed E-state index contributed by atoms with van der Waals surface area (Å²) in [5.41, 5.74) is 0. The van der Waals surface area contributed by atoms with Crippen LogP contribution in [0.2, 0.25) is 0 Å². The van der Waals surface area contributed by atoms with Crippen LogP contribution in [0.5, 0.6) is 0 Å². The quantitative estimate of drug-likeness (QED) is 0.325. The summed E-state index contributed by atoms with van der Waals surface area (Å²) in [6, 6.07) is 0. The minimum absolute atomic E-state index is 0.729. The molecule has 0 heterocycles. The zero-order chi connectivity index (χ0) is 8.53. The Morgan fingerprint density at radius 2 is 2.09 bits per heavy atom. The average molecular weight is 155 g/mol. The fraction of sp³-hybridized carbons (Fsp3) is 0.667. The predicted octanol–water partition coefficient (Wildman–Crippen LogP) is 1.82. The summed E-state index contributed by atoms with van der Waals surface area (Å²) in [7, 11) is 1.77. The molecule has 0 aromatic rings. The van der Waals surface area contributed by atoms with Crippen molar-refractivity contribution in [3.05, 3.63) is 12.2 Å². The monoisotopic (exact) mass is 155 g/mol. The molecule has 0 rings (SSSR count). The van der Waals surface area contributed by atoms with Crippen LogP contribution >= 0.6 is 0 Å². The van der Waals surface area contributed by atoms with Crippen LogP contribution in [0.3, 0.4) is 0 Å². The van der Waals surface area contributed by atoms with E-state index in [1.807, 2.05) is 6.08 Å². The molecule has 2 nitrogen and oxygen atoms in total. The van der Waals surface area contributed by atoms with Gasteiger partial charge in [0.1, 0.15) is 0 Å². The Kier molecular flexibility index (Phi) is 6.79. The molecule has 0 aromatic carbocycles.